The number of carbonyl (C=O) groups is 2. The molecule has 1 amide bonds. The molecule has 1 atom stereocenters. The highest BCUT2D eigenvalue weighted by molar-refractivity contribution is 6.51. The van der Waals surface area contributed by atoms with Crippen LogP contribution in [0.2, 0.25) is 0 Å². The molecule has 6 heteroatoms. The highest BCUT2D eigenvalue weighted by Gasteiger charge is 2.47. The zero-order valence-electron chi connectivity index (χ0n) is 18.2. The highest BCUT2D eigenvalue weighted by Crippen LogP contribution is 2.42. The predicted octanol–water partition coefficient (Wildman–Crippen LogP) is 4.72. The number of hydrogen-bond donors (Lipinski definition) is 1. The third-order valence-electron chi connectivity index (χ3n) is 5.67. The number of carbonyl (C=O) groups excluding carboxylic acids is 2. The largest absolute Gasteiger partial charge is 0.507 e. The van der Waals surface area contributed by atoms with Crippen LogP contribution >= 0.6 is 0 Å². The fraction of sp³-hybridized carbons (Fsp3) is 0.192. The third kappa shape index (κ3) is 3.75. The van der Waals surface area contributed by atoms with Crippen molar-refractivity contribution in [1.82, 2.24) is 4.98 Å². The molecular formula is C26H24N2O4. The number of benzene rings is 2. The van der Waals surface area contributed by atoms with Gasteiger partial charge >= 0.3 is 0 Å². The summed E-state index contributed by atoms with van der Waals surface area (Å²) in [4.78, 5) is 31.8. The van der Waals surface area contributed by atoms with Gasteiger partial charge in [0.15, 0.2) is 0 Å². The van der Waals surface area contributed by atoms with Crippen molar-refractivity contribution in [3.8, 4) is 5.75 Å². The minimum atomic E-state index is -0.772. The van der Waals surface area contributed by atoms with Gasteiger partial charge in [-0.25, -0.2) is 0 Å². The van der Waals surface area contributed by atoms with Gasteiger partial charge in [-0.15, -0.1) is 0 Å². The van der Waals surface area contributed by atoms with E-state index in [9.17, 15) is 14.7 Å². The van der Waals surface area contributed by atoms with Crippen molar-refractivity contribution < 1.29 is 19.4 Å². The first-order valence-electron chi connectivity index (χ1n) is 10.4. The van der Waals surface area contributed by atoms with Gasteiger partial charge in [0.2, 0.25) is 0 Å². The summed E-state index contributed by atoms with van der Waals surface area (Å²) in [5.74, 6) is -0.969. The Morgan fingerprint density at radius 2 is 1.69 bits per heavy atom. The number of Topliss-reactive ketones (excluding diaryl/α,β-unsaturated/α-hetero) is 1. The summed E-state index contributed by atoms with van der Waals surface area (Å²) in [6.45, 7) is 6.35. The summed E-state index contributed by atoms with van der Waals surface area (Å²) in [6.07, 6.45) is 3.21. The number of amides is 1. The van der Waals surface area contributed by atoms with E-state index in [2.05, 4.69) is 4.98 Å². The molecule has 4 rings (SSSR count). The summed E-state index contributed by atoms with van der Waals surface area (Å²) in [5, 5.41) is 11.1. The number of aryl methyl sites for hydroxylation is 2. The van der Waals surface area contributed by atoms with Gasteiger partial charge in [-0.1, -0.05) is 6.07 Å². The number of nitrogens with zero attached hydrogens (tertiary/aromatic N) is 2. The van der Waals surface area contributed by atoms with Crippen LogP contribution in [0, 0.1) is 13.8 Å². The van der Waals surface area contributed by atoms with E-state index in [1.54, 1.807) is 48.8 Å². The summed E-state index contributed by atoms with van der Waals surface area (Å²) in [5.41, 5.74) is 3.85. The highest BCUT2D eigenvalue weighted by atomic mass is 16.5. The predicted molar refractivity (Wildman–Crippen MR) is 123 cm³/mol. The van der Waals surface area contributed by atoms with Crippen molar-refractivity contribution >= 4 is 23.1 Å². The first kappa shape index (κ1) is 21.3. The number of aliphatic hydroxyl groups excluding tert-OH is 1. The lowest BCUT2D eigenvalue weighted by molar-refractivity contribution is -0.132. The van der Waals surface area contributed by atoms with Crippen LogP contribution in [0.3, 0.4) is 0 Å². The van der Waals surface area contributed by atoms with Crippen LogP contribution in [-0.2, 0) is 9.59 Å². The lowest BCUT2D eigenvalue weighted by atomic mass is 9.95. The Hall–Kier alpha value is -3.93. The van der Waals surface area contributed by atoms with Gasteiger partial charge in [0, 0.05) is 23.6 Å². The van der Waals surface area contributed by atoms with Crippen molar-refractivity contribution in [3.63, 3.8) is 0 Å². The molecule has 32 heavy (non-hydrogen) atoms. The van der Waals surface area contributed by atoms with Crippen molar-refractivity contribution in [2.75, 3.05) is 11.5 Å². The number of pyridine rings is 1. The number of rotatable bonds is 5. The quantitative estimate of drug-likeness (QED) is 0.361. The van der Waals surface area contributed by atoms with Crippen molar-refractivity contribution in [3.05, 3.63) is 94.8 Å². The maximum absolute atomic E-state index is 13.2. The van der Waals surface area contributed by atoms with E-state index in [-0.39, 0.29) is 11.3 Å². The Morgan fingerprint density at radius 3 is 2.31 bits per heavy atom. The third-order valence-corrected chi connectivity index (χ3v) is 5.67. The van der Waals surface area contributed by atoms with Crippen LogP contribution in [0.5, 0.6) is 5.75 Å². The minimum absolute atomic E-state index is 0.0450. The molecule has 6 nitrogen and oxygen atoms in total. The van der Waals surface area contributed by atoms with E-state index in [1.165, 1.54) is 4.90 Å². The SMILES string of the molecule is CCOc1ccc(/C(O)=C2\C(=O)C(=O)N(c3ccc(C)c(C)c3)C2c2ccncc2)cc1. The lowest BCUT2D eigenvalue weighted by Gasteiger charge is -2.26. The molecule has 2 heterocycles. The van der Waals surface area contributed by atoms with Crippen LogP contribution in [0.15, 0.2) is 72.6 Å². The maximum atomic E-state index is 13.2. The fourth-order valence-electron chi connectivity index (χ4n) is 3.87. The van der Waals surface area contributed by atoms with Gasteiger partial charge in [0.05, 0.1) is 18.2 Å². The van der Waals surface area contributed by atoms with Crippen LogP contribution in [0.4, 0.5) is 5.69 Å². The number of ketones is 1. The van der Waals surface area contributed by atoms with Crippen molar-refractivity contribution in [2.45, 2.75) is 26.8 Å². The van der Waals surface area contributed by atoms with Gasteiger partial charge in [0.25, 0.3) is 11.7 Å². The molecule has 1 saturated heterocycles. The average Bonchev–Trinajstić information content (AvgIpc) is 3.07. The van der Waals surface area contributed by atoms with Crippen LogP contribution in [0.25, 0.3) is 5.76 Å². The van der Waals surface area contributed by atoms with Crippen LogP contribution in [0.1, 0.15) is 35.2 Å². The summed E-state index contributed by atoms with van der Waals surface area (Å²) < 4.78 is 5.46. The average molecular weight is 428 g/mol. The molecule has 0 saturated carbocycles. The molecule has 162 valence electrons. The second-order valence-electron chi connectivity index (χ2n) is 7.68. The Bertz CT molecular complexity index is 1200. The number of aliphatic hydroxyl groups is 1. The van der Waals surface area contributed by atoms with Gasteiger partial charge in [-0.2, -0.15) is 0 Å². The molecule has 1 aliphatic rings. The topological polar surface area (TPSA) is 79.7 Å². The number of anilines is 1. The minimum Gasteiger partial charge on any atom is -0.507 e. The van der Waals surface area contributed by atoms with E-state index in [0.29, 0.717) is 29.2 Å². The van der Waals surface area contributed by atoms with E-state index >= 15 is 0 Å². The standard InChI is InChI=1S/C26H24N2O4/c1-4-32-21-9-6-19(7-10-21)24(29)22-23(18-11-13-27-14-12-18)28(26(31)25(22)30)20-8-5-16(2)17(3)15-20/h5-15,23,29H,4H2,1-3H3/b24-22+. The summed E-state index contributed by atoms with van der Waals surface area (Å²) >= 11 is 0. The van der Waals surface area contributed by atoms with Crippen LogP contribution in [-0.4, -0.2) is 28.4 Å². The Labute approximate surface area is 186 Å². The fourth-order valence-corrected chi connectivity index (χ4v) is 3.87. The molecule has 3 aromatic rings. The Balaban J connectivity index is 1.88. The monoisotopic (exact) mass is 428 g/mol. The smallest absolute Gasteiger partial charge is 0.300 e. The number of aromatic nitrogens is 1. The molecule has 0 aliphatic carbocycles. The van der Waals surface area contributed by atoms with E-state index < -0.39 is 17.7 Å². The van der Waals surface area contributed by atoms with Crippen molar-refractivity contribution in [1.29, 1.82) is 0 Å². The van der Waals surface area contributed by atoms with Gasteiger partial charge in [-0.05, 0) is 86.0 Å². The molecule has 1 N–H and O–H groups in total. The zero-order valence-corrected chi connectivity index (χ0v) is 18.2. The molecule has 0 spiro atoms. The Kier molecular flexibility index (Phi) is 5.77. The number of hydrogen-bond acceptors (Lipinski definition) is 5. The summed E-state index contributed by atoms with van der Waals surface area (Å²) in [7, 11) is 0. The zero-order chi connectivity index (χ0) is 22.8. The van der Waals surface area contributed by atoms with E-state index in [0.717, 1.165) is 11.1 Å². The molecule has 1 aromatic heterocycles. The molecule has 1 unspecified atom stereocenters. The summed E-state index contributed by atoms with van der Waals surface area (Å²) in [6, 6.07) is 15.1. The normalized spacial score (nSPS) is 17.6. The van der Waals surface area contributed by atoms with E-state index in [4.69, 9.17) is 4.74 Å². The molecule has 2 aromatic carbocycles. The second kappa shape index (κ2) is 8.67. The Morgan fingerprint density at radius 1 is 1.00 bits per heavy atom. The maximum Gasteiger partial charge on any atom is 0.300 e. The van der Waals surface area contributed by atoms with Gasteiger partial charge in [-0.3, -0.25) is 19.5 Å². The van der Waals surface area contributed by atoms with E-state index in [1.807, 2.05) is 39.0 Å². The molecule has 0 radical (unpaired) electrons. The van der Waals surface area contributed by atoms with Gasteiger partial charge in [0.1, 0.15) is 11.5 Å². The van der Waals surface area contributed by atoms with Crippen molar-refractivity contribution in [2.24, 2.45) is 0 Å². The first-order chi connectivity index (χ1) is 15.4. The lowest BCUT2D eigenvalue weighted by Crippen LogP contribution is -2.29. The van der Waals surface area contributed by atoms with Gasteiger partial charge < -0.3 is 9.84 Å². The van der Waals surface area contributed by atoms with Crippen LogP contribution < -0.4 is 9.64 Å². The molecule has 0 bridgehead atoms. The second-order valence-corrected chi connectivity index (χ2v) is 7.68. The number of ether oxygens (including phenoxy) is 1. The molecule has 1 fully saturated rings. The molecule has 1 aliphatic heterocycles. The first-order valence-corrected chi connectivity index (χ1v) is 10.4. The molecular weight excluding hydrogens is 404 g/mol.